The maximum atomic E-state index is 14.6. The molecule has 31 heavy (non-hydrogen) atoms. The molecule has 0 spiro atoms. The van der Waals surface area contributed by atoms with E-state index >= 15 is 0 Å². The first-order valence-electron chi connectivity index (χ1n) is 12.2. The first-order valence-corrected chi connectivity index (χ1v) is 12.2. The Hall–Kier alpha value is -1.90. The summed E-state index contributed by atoms with van der Waals surface area (Å²) in [5, 5.41) is 1.06. The SMILES string of the molecule is CCC/C=C/C1CCC(C2CCC(c3ccc4cc(OC)c(F)c(F)c4c3)CC2)CC1. The number of benzene rings is 2. The van der Waals surface area contributed by atoms with Crippen LogP contribution in [0.1, 0.15) is 82.6 Å². The topological polar surface area (TPSA) is 9.23 Å². The second kappa shape index (κ2) is 10.1. The maximum absolute atomic E-state index is 14.6. The van der Waals surface area contributed by atoms with Crippen molar-refractivity contribution in [1.29, 1.82) is 0 Å². The van der Waals surface area contributed by atoms with Crippen molar-refractivity contribution >= 4 is 10.8 Å². The Bertz CT molecular complexity index is 903. The van der Waals surface area contributed by atoms with E-state index in [-0.39, 0.29) is 5.75 Å². The highest BCUT2D eigenvalue weighted by atomic mass is 19.2. The first kappa shape index (κ1) is 22.3. The van der Waals surface area contributed by atoms with Gasteiger partial charge in [0, 0.05) is 5.39 Å². The van der Waals surface area contributed by atoms with Crippen molar-refractivity contribution in [3.63, 3.8) is 0 Å². The van der Waals surface area contributed by atoms with Crippen molar-refractivity contribution < 1.29 is 13.5 Å². The van der Waals surface area contributed by atoms with Crippen LogP contribution < -0.4 is 4.74 Å². The molecule has 2 aliphatic carbocycles. The summed E-state index contributed by atoms with van der Waals surface area (Å²) >= 11 is 0. The molecule has 2 fully saturated rings. The summed E-state index contributed by atoms with van der Waals surface area (Å²) in [4.78, 5) is 0. The summed E-state index contributed by atoms with van der Waals surface area (Å²) in [7, 11) is 1.37. The van der Waals surface area contributed by atoms with E-state index in [1.54, 1.807) is 6.07 Å². The zero-order valence-electron chi connectivity index (χ0n) is 19.0. The van der Waals surface area contributed by atoms with E-state index in [9.17, 15) is 8.78 Å². The van der Waals surface area contributed by atoms with Gasteiger partial charge in [-0.15, -0.1) is 0 Å². The van der Waals surface area contributed by atoms with Gasteiger partial charge in [0.15, 0.2) is 11.6 Å². The lowest BCUT2D eigenvalue weighted by Gasteiger charge is -2.37. The highest BCUT2D eigenvalue weighted by Crippen LogP contribution is 2.44. The third-order valence-electron chi connectivity index (χ3n) is 7.82. The summed E-state index contributed by atoms with van der Waals surface area (Å²) in [6.07, 6.45) is 17.6. The van der Waals surface area contributed by atoms with Crippen LogP contribution in [-0.4, -0.2) is 7.11 Å². The van der Waals surface area contributed by atoms with Crippen LogP contribution in [0.4, 0.5) is 8.78 Å². The summed E-state index contributed by atoms with van der Waals surface area (Å²) in [6, 6.07) is 7.46. The average Bonchev–Trinajstić information content (AvgIpc) is 2.82. The van der Waals surface area contributed by atoms with Gasteiger partial charge in [0.2, 0.25) is 5.82 Å². The Morgan fingerprint density at radius 2 is 1.58 bits per heavy atom. The average molecular weight is 427 g/mol. The monoisotopic (exact) mass is 426 g/mol. The van der Waals surface area contributed by atoms with Gasteiger partial charge in [-0.1, -0.05) is 37.6 Å². The smallest absolute Gasteiger partial charge is 0.201 e. The van der Waals surface area contributed by atoms with Crippen LogP contribution in [-0.2, 0) is 0 Å². The normalized spacial score (nSPS) is 27.1. The van der Waals surface area contributed by atoms with Crippen molar-refractivity contribution in [1.82, 2.24) is 0 Å². The van der Waals surface area contributed by atoms with Crippen LogP contribution in [0.2, 0.25) is 0 Å². The number of unbranched alkanes of at least 4 members (excludes halogenated alkanes) is 1. The molecule has 0 aliphatic heterocycles. The van der Waals surface area contributed by atoms with Crippen molar-refractivity contribution in [2.75, 3.05) is 7.11 Å². The third-order valence-corrected chi connectivity index (χ3v) is 7.82. The van der Waals surface area contributed by atoms with Gasteiger partial charge in [0.05, 0.1) is 7.11 Å². The van der Waals surface area contributed by atoms with Gasteiger partial charge >= 0.3 is 0 Å². The highest BCUT2D eigenvalue weighted by molar-refractivity contribution is 5.85. The van der Waals surface area contributed by atoms with Crippen LogP contribution in [0, 0.1) is 29.4 Å². The summed E-state index contributed by atoms with van der Waals surface area (Å²) in [6.45, 7) is 2.24. The molecule has 3 heteroatoms. The lowest BCUT2D eigenvalue weighted by Crippen LogP contribution is -2.25. The van der Waals surface area contributed by atoms with Crippen LogP contribution in [0.15, 0.2) is 36.4 Å². The molecule has 2 saturated carbocycles. The Balaban J connectivity index is 1.36. The summed E-state index contributed by atoms with van der Waals surface area (Å²) in [5.41, 5.74) is 1.15. The standard InChI is InChI=1S/C28H36F2O/c1-3-4-5-6-19-7-9-20(10-8-19)21-11-13-22(14-12-21)23-15-16-24-18-26(31-2)28(30)27(29)25(24)17-23/h5-6,15-22H,3-4,7-14H2,1-2H3/b6-5+. The lowest BCUT2D eigenvalue weighted by atomic mass is 9.68. The molecular weight excluding hydrogens is 390 g/mol. The number of ether oxygens (including phenoxy) is 1. The maximum Gasteiger partial charge on any atom is 0.201 e. The molecule has 0 aromatic heterocycles. The van der Waals surface area contributed by atoms with Gasteiger partial charge in [-0.05, 0) is 105 Å². The van der Waals surface area contributed by atoms with Crippen LogP contribution in [0.25, 0.3) is 10.8 Å². The van der Waals surface area contributed by atoms with Gasteiger partial charge in [0.1, 0.15) is 0 Å². The molecule has 1 nitrogen and oxygen atoms in total. The molecule has 168 valence electrons. The zero-order chi connectivity index (χ0) is 21.8. The molecule has 4 rings (SSSR count). The van der Waals surface area contributed by atoms with E-state index in [0.717, 1.165) is 36.2 Å². The van der Waals surface area contributed by atoms with Crippen molar-refractivity contribution in [2.45, 2.75) is 77.0 Å². The highest BCUT2D eigenvalue weighted by Gasteiger charge is 2.31. The van der Waals surface area contributed by atoms with E-state index < -0.39 is 11.6 Å². The molecule has 0 unspecified atom stereocenters. The van der Waals surface area contributed by atoms with Gasteiger partial charge in [0.25, 0.3) is 0 Å². The molecule has 0 amide bonds. The predicted molar refractivity (Wildman–Crippen MR) is 125 cm³/mol. The van der Waals surface area contributed by atoms with E-state index in [1.165, 1.54) is 58.5 Å². The Morgan fingerprint density at radius 3 is 2.23 bits per heavy atom. The third kappa shape index (κ3) is 4.96. The number of halogens is 2. The minimum Gasteiger partial charge on any atom is -0.494 e. The fourth-order valence-electron chi connectivity index (χ4n) is 5.91. The van der Waals surface area contributed by atoms with Crippen LogP contribution >= 0.6 is 0 Å². The van der Waals surface area contributed by atoms with Crippen molar-refractivity contribution in [3.8, 4) is 5.75 Å². The largest absolute Gasteiger partial charge is 0.494 e. The minimum absolute atomic E-state index is 0.0335. The minimum atomic E-state index is -0.893. The fourth-order valence-corrected chi connectivity index (χ4v) is 5.91. The number of methoxy groups -OCH3 is 1. The molecule has 0 saturated heterocycles. The van der Waals surface area contributed by atoms with E-state index in [0.29, 0.717) is 16.7 Å². The molecule has 2 aromatic carbocycles. The summed E-state index contributed by atoms with van der Waals surface area (Å²) in [5.74, 6) is 1.26. The molecule has 0 radical (unpaired) electrons. The molecule has 0 bridgehead atoms. The molecule has 2 aliphatic rings. The van der Waals surface area contributed by atoms with Gasteiger partial charge in [-0.25, -0.2) is 4.39 Å². The van der Waals surface area contributed by atoms with Crippen LogP contribution in [0.3, 0.4) is 0 Å². The Kier molecular flexibility index (Phi) is 7.30. The molecule has 0 heterocycles. The Labute approximate surface area is 185 Å². The van der Waals surface area contributed by atoms with Crippen molar-refractivity contribution in [3.05, 3.63) is 53.6 Å². The quantitative estimate of drug-likeness (QED) is 0.420. The second-order valence-corrected chi connectivity index (χ2v) is 9.69. The molecular formula is C28H36F2O. The van der Waals surface area contributed by atoms with E-state index in [2.05, 4.69) is 25.1 Å². The van der Waals surface area contributed by atoms with E-state index in [1.807, 2.05) is 12.1 Å². The van der Waals surface area contributed by atoms with Gasteiger partial charge in [-0.2, -0.15) is 4.39 Å². The number of hydrogen-bond donors (Lipinski definition) is 0. The zero-order valence-corrected chi connectivity index (χ0v) is 19.0. The molecule has 2 aromatic rings. The van der Waals surface area contributed by atoms with Crippen molar-refractivity contribution in [2.24, 2.45) is 17.8 Å². The number of allylic oxidation sites excluding steroid dienone is 2. The first-order chi connectivity index (χ1) is 15.1. The number of hydrogen-bond acceptors (Lipinski definition) is 1. The fraction of sp³-hybridized carbons (Fsp3) is 0.571. The van der Waals surface area contributed by atoms with Gasteiger partial charge < -0.3 is 4.74 Å². The van der Waals surface area contributed by atoms with E-state index in [4.69, 9.17) is 4.74 Å². The molecule has 0 atom stereocenters. The number of rotatable bonds is 6. The summed E-state index contributed by atoms with van der Waals surface area (Å²) < 4.78 is 33.7. The van der Waals surface area contributed by atoms with Crippen LogP contribution in [0.5, 0.6) is 5.75 Å². The second-order valence-electron chi connectivity index (χ2n) is 9.69. The number of fused-ring (bicyclic) bond motifs is 1. The Morgan fingerprint density at radius 1 is 0.903 bits per heavy atom. The lowest BCUT2D eigenvalue weighted by molar-refractivity contribution is 0.171. The predicted octanol–water partition coefficient (Wildman–Crippen LogP) is 8.56. The molecule has 0 N–H and O–H groups in total. The van der Waals surface area contributed by atoms with Gasteiger partial charge in [-0.3, -0.25) is 0 Å².